The highest BCUT2D eigenvalue weighted by Gasteiger charge is 2.10. The summed E-state index contributed by atoms with van der Waals surface area (Å²) in [7, 11) is 0. The number of rotatable bonds is 11. The van der Waals surface area contributed by atoms with Gasteiger partial charge < -0.3 is 14.2 Å². The molecule has 0 aliphatic carbocycles. The summed E-state index contributed by atoms with van der Waals surface area (Å²) in [5, 5.41) is 0. The van der Waals surface area contributed by atoms with E-state index in [0.29, 0.717) is 11.3 Å². The molecular formula is C29H28O6. The summed E-state index contributed by atoms with van der Waals surface area (Å²) in [4.78, 5) is 34.8. The van der Waals surface area contributed by atoms with Crippen LogP contribution in [0.25, 0.3) is 16.7 Å². The molecule has 6 heteroatoms. The third kappa shape index (κ3) is 8.78. The van der Waals surface area contributed by atoms with Gasteiger partial charge in [0, 0.05) is 11.1 Å². The molecule has 180 valence electrons. The molecule has 0 aliphatic rings. The van der Waals surface area contributed by atoms with Crippen molar-refractivity contribution in [2.45, 2.75) is 13.8 Å². The first kappa shape index (κ1) is 26.8. The quantitative estimate of drug-likeness (QED) is 0.183. The first-order valence-electron chi connectivity index (χ1n) is 10.8. The Bertz CT molecular complexity index is 1180. The van der Waals surface area contributed by atoms with Gasteiger partial charge in [0.25, 0.3) is 0 Å². The normalized spacial score (nSPS) is 11.0. The fourth-order valence-corrected chi connectivity index (χ4v) is 2.80. The molecule has 0 radical (unpaired) electrons. The largest absolute Gasteiger partial charge is 0.458 e. The molecule has 0 aromatic heterocycles. The highest BCUT2D eigenvalue weighted by atomic mass is 16.6. The number of allylic oxidation sites excluding steroid dienone is 4. The van der Waals surface area contributed by atoms with Crippen molar-refractivity contribution >= 4 is 23.5 Å². The second-order valence-corrected chi connectivity index (χ2v) is 7.57. The maximum absolute atomic E-state index is 11.9. The fraction of sp³-hybridized carbons (Fsp3) is 0.138. The van der Waals surface area contributed by atoms with Gasteiger partial charge in [0.2, 0.25) is 0 Å². The molecule has 0 heterocycles. The Hall–Kier alpha value is -4.45. The van der Waals surface area contributed by atoms with E-state index in [1.807, 2.05) is 48.6 Å². The maximum atomic E-state index is 11.9. The lowest BCUT2D eigenvalue weighted by atomic mass is 9.98. The van der Waals surface area contributed by atoms with Crippen LogP contribution in [0.1, 0.15) is 19.4 Å². The molecule has 6 nitrogen and oxygen atoms in total. The van der Waals surface area contributed by atoms with E-state index in [1.54, 1.807) is 31.2 Å². The van der Waals surface area contributed by atoms with E-state index in [-0.39, 0.29) is 12.2 Å². The summed E-state index contributed by atoms with van der Waals surface area (Å²) < 4.78 is 15.1. The van der Waals surface area contributed by atoms with Crippen molar-refractivity contribution in [3.8, 4) is 16.9 Å². The average Bonchev–Trinajstić information content (AvgIpc) is 2.84. The minimum atomic E-state index is -0.686. The first-order valence-corrected chi connectivity index (χ1v) is 10.8. The van der Waals surface area contributed by atoms with E-state index in [0.717, 1.165) is 22.3 Å². The van der Waals surface area contributed by atoms with Crippen molar-refractivity contribution < 1.29 is 28.6 Å². The molecule has 0 N–H and O–H groups in total. The van der Waals surface area contributed by atoms with Crippen LogP contribution in [0.4, 0.5) is 0 Å². The van der Waals surface area contributed by atoms with Crippen molar-refractivity contribution in [2.75, 3.05) is 13.2 Å². The van der Waals surface area contributed by atoms with Crippen molar-refractivity contribution in [3.63, 3.8) is 0 Å². The Labute approximate surface area is 205 Å². The van der Waals surface area contributed by atoms with Crippen LogP contribution in [0.2, 0.25) is 0 Å². The van der Waals surface area contributed by atoms with E-state index >= 15 is 0 Å². The van der Waals surface area contributed by atoms with Gasteiger partial charge in [-0.25, -0.2) is 14.4 Å². The van der Waals surface area contributed by atoms with Crippen LogP contribution in [0.15, 0.2) is 104 Å². The molecule has 0 aliphatic heterocycles. The Kier molecular flexibility index (Phi) is 10.2. The summed E-state index contributed by atoms with van der Waals surface area (Å²) in [6, 6.07) is 14.8. The SMILES string of the molecule is C=C/C=C(\C=C/COC(=O)C(=C)C)c1cccc(-c2ccc(OC(=O)COC(=O)C(=C)C)cc2)c1. The second-order valence-electron chi connectivity index (χ2n) is 7.57. The number of hydrogen-bond donors (Lipinski definition) is 0. The molecule has 0 spiro atoms. The Morgan fingerprint density at radius 3 is 2.17 bits per heavy atom. The summed E-state index contributed by atoms with van der Waals surface area (Å²) in [5.74, 6) is -1.44. The summed E-state index contributed by atoms with van der Waals surface area (Å²) in [6.07, 6.45) is 7.15. The molecular weight excluding hydrogens is 444 g/mol. The summed E-state index contributed by atoms with van der Waals surface area (Å²) >= 11 is 0. The predicted octanol–water partition coefficient (Wildman–Crippen LogP) is 5.62. The standard InChI is InChI=1S/C29H28O6/c1-6-9-22(12-8-17-33-28(31)20(2)3)24-10-7-11-25(18-24)23-13-15-26(16-14-23)35-27(30)19-34-29(32)21(4)5/h6-16,18H,1-2,4,17,19H2,3,5H3/b12-8-,22-9+. The van der Waals surface area contributed by atoms with Crippen molar-refractivity contribution in [2.24, 2.45) is 0 Å². The lowest BCUT2D eigenvalue weighted by Crippen LogP contribution is -2.18. The third-order valence-corrected chi connectivity index (χ3v) is 4.54. The summed E-state index contributed by atoms with van der Waals surface area (Å²) in [5.41, 5.74) is 4.26. The molecule has 0 fully saturated rings. The first-order chi connectivity index (χ1) is 16.7. The van der Waals surface area contributed by atoms with E-state index in [4.69, 9.17) is 14.2 Å². The Morgan fingerprint density at radius 1 is 0.886 bits per heavy atom. The number of hydrogen-bond acceptors (Lipinski definition) is 6. The molecule has 2 aromatic carbocycles. The van der Waals surface area contributed by atoms with Crippen LogP contribution in [0.3, 0.4) is 0 Å². The van der Waals surface area contributed by atoms with Gasteiger partial charge >= 0.3 is 17.9 Å². The predicted molar refractivity (Wildman–Crippen MR) is 136 cm³/mol. The molecule has 0 unspecified atom stereocenters. The highest BCUT2D eigenvalue weighted by Crippen LogP contribution is 2.26. The van der Waals surface area contributed by atoms with Crippen LogP contribution >= 0.6 is 0 Å². The molecule has 0 saturated heterocycles. The smallest absolute Gasteiger partial charge is 0.349 e. The molecule has 0 bridgehead atoms. The number of ether oxygens (including phenoxy) is 3. The molecule has 2 aromatic rings. The third-order valence-electron chi connectivity index (χ3n) is 4.54. The van der Waals surface area contributed by atoms with Crippen LogP contribution in [0, 0.1) is 0 Å². The Balaban J connectivity index is 2.08. The van der Waals surface area contributed by atoms with Crippen molar-refractivity contribution in [3.05, 3.63) is 109 Å². The molecule has 2 rings (SSSR count). The van der Waals surface area contributed by atoms with Gasteiger partial charge in [0.15, 0.2) is 6.61 Å². The lowest BCUT2D eigenvalue weighted by Gasteiger charge is -2.09. The zero-order chi connectivity index (χ0) is 25.8. The van der Waals surface area contributed by atoms with Gasteiger partial charge in [-0.2, -0.15) is 0 Å². The van der Waals surface area contributed by atoms with Gasteiger partial charge in [0.05, 0.1) is 0 Å². The minimum Gasteiger partial charge on any atom is -0.458 e. The average molecular weight is 473 g/mol. The van der Waals surface area contributed by atoms with Crippen LogP contribution in [-0.2, 0) is 23.9 Å². The summed E-state index contributed by atoms with van der Waals surface area (Å²) in [6.45, 7) is 13.5. The molecule has 0 amide bonds. The van der Waals surface area contributed by atoms with Gasteiger partial charge in [-0.15, -0.1) is 0 Å². The van der Waals surface area contributed by atoms with Gasteiger partial charge in [-0.1, -0.05) is 68.3 Å². The van der Waals surface area contributed by atoms with Crippen LogP contribution < -0.4 is 4.74 Å². The van der Waals surface area contributed by atoms with E-state index < -0.39 is 24.5 Å². The molecule has 0 atom stereocenters. The zero-order valence-electron chi connectivity index (χ0n) is 19.9. The van der Waals surface area contributed by atoms with Crippen molar-refractivity contribution in [1.82, 2.24) is 0 Å². The van der Waals surface area contributed by atoms with Gasteiger partial charge in [-0.3, -0.25) is 0 Å². The number of carbonyl (C=O) groups excluding carboxylic acids is 3. The molecule has 35 heavy (non-hydrogen) atoms. The second kappa shape index (κ2) is 13.3. The monoisotopic (exact) mass is 472 g/mol. The lowest BCUT2D eigenvalue weighted by molar-refractivity contribution is -0.150. The van der Waals surface area contributed by atoms with Crippen molar-refractivity contribution in [1.29, 1.82) is 0 Å². The number of benzene rings is 2. The highest BCUT2D eigenvalue weighted by molar-refractivity contribution is 5.89. The maximum Gasteiger partial charge on any atom is 0.349 e. The molecule has 0 saturated carbocycles. The topological polar surface area (TPSA) is 78.9 Å². The van der Waals surface area contributed by atoms with E-state index in [9.17, 15) is 14.4 Å². The number of carbonyl (C=O) groups is 3. The Morgan fingerprint density at radius 2 is 1.54 bits per heavy atom. The van der Waals surface area contributed by atoms with Crippen LogP contribution in [0.5, 0.6) is 5.75 Å². The van der Waals surface area contributed by atoms with E-state index in [1.165, 1.54) is 6.92 Å². The number of esters is 3. The van der Waals surface area contributed by atoms with Gasteiger partial charge in [-0.05, 0) is 60.4 Å². The minimum absolute atomic E-state index is 0.131. The zero-order valence-corrected chi connectivity index (χ0v) is 19.9. The van der Waals surface area contributed by atoms with Gasteiger partial charge in [0.1, 0.15) is 12.4 Å². The fourth-order valence-electron chi connectivity index (χ4n) is 2.80. The van der Waals surface area contributed by atoms with Crippen LogP contribution in [-0.4, -0.2) is 31.1 Å². The van der Waals surface area contributed by atoms with E-state index in [2.05, 4.69) is 19.7 Å².